The monoisotopic (exact) mass is 322 g/mol. The number of methoxy groups -OCH3 is 2. The Morgan fingerprint density at radius 1 is 1.26 bits per heavy atom. The standard InChI is InChI=1S/C16H22N2O5/c1-21-11-16(7-8-17-10-16)15(20)18-12-3-5-13(6-4-12)23-9-14(19)22-2/h3-6,17H,7-11H2,1-2H3,(H,18,20). The topological polar surface area (TPSA) is 85.9 Å². The van der Waals surface area contributed by atoms with Gasteiger partial charge in [0, 0.05) is 19.3 Å². The molecule has 1 aromatic rings. The van der Waals surface area contributed by atoms with Crippen LogP contribution in [0, 0.1) is 5.41 Å². The first-order valence-electron chi connectivity index (χ1n) is 7.40. The van der Waals surface area contributed by atoms with Crippen LogP contribution in [-0.2, 0) is 19.1 Å². The Labute approximate surface area is 135 Å². The fourth-order valence-corrected chi connectivity index (χ4v) is 2.50. The summed E-state index contributed by atoms with van der Waals surface area (Å²) in [7, 11) is 2.90. The zero-order chi connectivity index (χ0) is 16.7. The van der Waals surface area contributed by atoms with Crippen molar-refractivity contribution in [2.75, 3.05) is 45.8 Å². The maximum atomic E-state index is 12.5. The van der Waals surface area contributed by atoms with Gasteiger partial charge < -0.3 is 24.8 Å². The summed E-state index contributed by atoms with van der Waals surface area (Å²) in [5.41, 5.74) is 0.136. The average Bonchev–Trinajstić information content (AvgIpc) is 3.04. The summed E-state index contributed by atoms with van der Waals surface area (Å²) in [4.78, 5) is 23.6. The molecule has 0 bridgehead atoms. The molecule has 1 atom stereocenters. The van der Waals surface area contributed by atoms with Gasteiger partial charge in [0.05, 0.1) is 19.1 Å². The van der Waals surface area contributed by atoms with Gasteiger partial charge in [-0.25, -0.2) is 4.79 Å². The van der Waals surface area contributed by atoms with Crippen molar-refractivity contribution in [1.29, 1.82) is 0 Å². The van der Waals surface area contributed by atoms with Crippen LogP contribution >= 0.6 is 0 Å². The summed E-state index contributed by atoms with van der Waals surface area (Å²) in [6, 6.07) is 6.84. The van der Waals surface area contributed by atoms with E-state index in [1.54, 1.807) is 31.4 Å². The van der Waals surface area contributed by atoms with Gasteiger partial charge in [0.1, 0.15) is 5.75 Å². The number of esters is 1. The van der Waals surface area contributed by atoms with Gasteiger partial charge in [-0.05, 0) is 37.2 Å². The van der Waals surface area contributed by atoms with Crippen LogP contribution in [0.15, 0.2) is 24.3 Å². The van der Waals surface area contributed by atoms with Gasteiger partial charge in [0.15, 0.2) is 6.61 Å². The molecule has 1 aliphatic heterocycles. The molecular weight excluding hydrogens is 300 g/mol. The number of carbonyl (C=O) groups is 2. The fraction of sp³-hybridized carbons (Fsp3) is 0.500. The van der Waals surface area contributed by atoms with Crippen molar-refractivity contribution in [2.24, 2.45) is 5.41 Å². The number of carbonyl (C=O) groups excluding carboxylic acids is 2. The van der Waals surface area contributed by atoms with Crippen molar-refractivity contribution in [3.05, 3.63) is 24.3 Å². The third kappa shape index (κ3) is 4.43. The van der Waals surface area contributed by atoms with E-state index in [4.69, 9.17) is 9.47 Å². The van der Waals surface area contributed by atoms with E-state index in [0.717, 1.165) is 13.0 Å². The van der Waals surface area contributed by atoms with Crippen molar-refractivity contribution in [3.8, 4) is 5.75 Å². The summed E-state index contributed by atoms with van der Waals surface area (Å²) < 4.78 is 15.0. The minimum absolute atomic E-state index is 0.0624. The minimum atomic E-state index is -0.533. The molecule has 7 nitrogen and oxygen atoms in total. The molecule has 23 heavy (non-hydrogen) atoms. The van der Waals surface area contributed by atoms with Gasteiger partial charge >= 0.3 is 5.97 Å². The van der Waals surface area contributed by atoms with Gasteiger partial charge in [-0.3, -0.25) is 4.79 Å². The fourth-order valence-electron chi connectivity index (χ4n) is 2.50. The number of amides is 1. The van der Waals surface area contributed by atoms with Crippen LogP contribution in [0.5, 0.6) is 5.75 Å². The van der Waals surface area contributed by atoms with Crippen molar-refractivity contribution in [1.82, 2.24) is 5.32 Å². The Morgan fingerprint density at radius 3 is 2.57 bits per heavy atom. The van der Waals surface area contributed by atoms with Crippen LogP contribution in [0.4, 0.5) is 5.69 Å². The van der Waals surface area contributed by atoms with Crippen molar-refractivity contribution in [3.63, 3.8) is 0 Å². The van der Waals surface area contributed by atoms with Gasteiger partial charge in [0.25, 0.3) is 0 Å². The number of anilines is 1. The molecule has 1 aromatic carbocycles. The molecule has 0 radical (unpaired) electrons. The third-order valence-corrected chi connectivity index (χ3v) is 3.84. The van der Waals surface area contributed by atoms with Crippen LogP contribution in [0.1, 0.15) is 6.42 Å². The number of hydrogen-bond donors (Lipinski definition) is 2. The lowest BCUT2D eigenvalue weighted by Crippen LogP contribution is -2.41. The highest BCUT2D eigenvalue weighted by Gasteiger charge is 2.41. The molecule has 1 saturated heterocycles. The van der Waals surface area contributed by atoms with E-state index in [9.17, 15) is 9.59 Å². The number of hydrogen-bond acceptors (Lipinski definition) is 6. The van der Waals surface area contributed by atoms with E-state index in [1.165, 1.54) is 7.11 Å². The predicted molar refractivity (Wildman–Crippen MR) is 84.4 cm³/mol. The summed E-state index contributed by atoms with van der Waals surface area (Å²) in [6.45, 7) is 1.64. The Kier molecular flexibility index (Phi) is 5.95. The zero-order valence-electron chi connectivity index (χ0n) is 13.4. The van der Waals surface area contributed by atoms with Crippen LogP contribution in [0.3, 0.4) is 0 Å². The molecule has 0 aliphatic carbocycles. The van der Waals surface area contributed by atoms with Crippen molar-refractivity contribution in [2.45, 2.75) is 6.42 Å². The Bertz CT molecular complexity index is 538. The Balaban J connectivity index is 1.94. The van der Waals surface area contributed by atoms with Crippen molar-refractivity contribution < 1.29 is 23.8 Å². The molecule has 2 N–H and O–H groups in total. The minimum Gasteiger partial charge on any atom is -0.482 e. The molecule has 7 heteroatoms. The lowest BCUT2D eigenvalue weighted by molar-refractivity contribution is -0.142. The normalized spacial score (nSPS) is 20.1. The highest BCUT2D eigenvalue weighted by atomic mass is 16.6. The van der Waals surface area contributed by atoms with Gasteiger partial charge in [0.2, 0.25) is 5.91 Å². The van der Waals surface area contributed by atoms with E-state index in [2.05, 4.69) is 15.4 Å². The maximum Gasteiger partial charge on any atom is 0.343 e. The van der Waals surface area contributed by atoms with Crippen molar-refractivity contribution >= 4 is 17.6 Å². The second-order valence-corrected chi connectivity index (χ2v) is 5.48. The summed E-state index contributed by atoms with van der Waals surface area (Å²) in [5.74, 6) is 0.0211. The molecular formula is C16H22N2O5. The van der Waals surface area contributed by atoms with E-state index in [-0.39, 0.29) is 12.5 Å². The molecule has 1 fully saturated rings. The highest BCUT2D eigenvalue weighted by molar-refractivity contribution is 5.96. The smallest absolute Gasteiger partial charge is 0.343 e. The Morgan fingerprint density at radius 2 is 2.00 bits per heavy atom. The third-order valence-electron chi connectivity index (χ3n) is 3.84. The summed E-state index contributed by atoms with van der Waals surface area (Å²) in [5, 5.41) is 6.11. The molecule has 0 aromatic heterocycles. The van der Waals surface area contributed by atoms with Gasteiger partial charge in [-0.15, -0.1) is 0 Å². The van der Waals surface area contributed by atoms with Crippen LogP contribution in [-0.4, -0.2) is 52.4 Å². The lowest BCUT2D eigenvalue weighted by Gasteiger charge is -2.25. The first kappa shape index (κ1) is 17.2. The first-order chi connectivity index (χ1) is 11.1. The number of benzene rings is 1. The van der Waals surface area contributed by atoms with Crippen LogP contribution in [0.25, 0.3) is 0 Å². The van der Waals surface area contributed by atoms with Gasteiger partial charge in [-0.2, -0.15) is 0 Å². The van der Waals surface area contributed by atoms with Gasteiger partial charge in [-0.1, -0.05) is 0 Å². The second kappa shape index (κ2) is 7.94. The molecule has 0 saturated carbocycles. The lowest BCUT2D eigenvalue weighted by atomic mass is 9.87. The average molecular weight is 322 g/mol. The molecule has 1 unspecified atom stereocenters. The number of rotatable bonds is 7. The van der Waals surface area contributed by atoms with E-state index in [1.807, 2.05) is 0 Å². The highest BCUT2D eigenvalue weighted by Crippen LogP contribution is 2.28. The zero-order valence-corrected chi connectivity index (χ0v) is 13.4. The maximum absolute atomic E-state index is 12.5. The Hall–Kier alpha value is -2.12. The SMILES string of the molecule is COCC1(C(=O)Nc2ccc(OCC(=O)OC)cc2)CCNC1. The van der Waals surface area contributed by atoms with Crippen LogP contribution in [0.2, 0.25) is 0 Å². The predicted octanol–water partition coefficient (Wildman–Crippen LogP) is 0.803. The number of ether oxygens (including phenoxy) is 3. The largest absolute Gasteiger partial charge is 0.482 e. The molecule has 1 amide bonds. The summed E-state index contributed by atoms with van der Waals surface area (Å²) >= 11 is 0. The molecule has 126 valence electrons. The number of nitrogens with one attached hydrogen (secondary N) is 2. The first-order valence-corrected chi connectivity index (χ1v) is 7.40. The second-order valence-electron chi connectivity index (χ2n) is 5.48. The quantitative estimate of drug-likeness (QED) is 0.722. The van der Waals surface area contributed by atoms with Crippen LogP contribution < -0.4 is 15.4 Å². The summed E-state index contributed by atoms with van der Waals surface area (Å²) in [6.07, 6.45) is 0.743. The molecule has 2 rings (SSSR count). The molecule has 0 spiro atoms. The van der Waals surface area contributed by atoms with E-state index >= 15 is 0 Å². The van der Waals surface area contributed by atoms with E-state index < -0.39 is 11.4 Å². The molecule has 1 heterocycles. The molecule has 1 aliphatic rings. The van der Waals surface area contributed by atoms with E-state index in [0.29, 0.717) is 24.6 Å².